The minimum Gasteiger partial charge on any atom is -0.465 e. The SMILES string of the molecule is COC(=O)c1cc(N2CCN(C(C)=O)CC2)cc(C)c1N. The molecule has 0 spiro atoms. The average molecular weight is 291 g/mol. The summed E-state index contributed by atoms with van der Waals surface area (Å²) in [5.41, 5.74) is 8.57. The van der Waals surface area contributed by atoms with Gasteiger partial charge < -0.3 is 20.3 Å². The van der Waals surface area contributed by atoms with Crippen molar-refractivity contribution in [2.24, 2.45) is 0 Å². The number of nitrogen functional groups attached to an aromatic ring is 1. The number of nitrogens with two attached hydrogens (primary N) is 1. The highest BCUT2D eigenvalue weighted by atomic mass is 16.5. The molecule has 1 aliphatic rings. The zero-order valence-corrected chi connectivity index (χ0v) is 12.7. The van der Waals surface area contributed by atoms with Crippen molar-refractivity contribution in [2.45, 2.75) is 13.8 Å². The Labute approximate surface area is 124 Å². The summed E-state index contributed by atoms with van der Waals surface area (Å²) in [6.45, 7) is 6.31. The van der Waals surface area contributed by atoms with Gasteiger partial charge in [0.2, 0.25) is 5.91 Å². The van der Waals surface area contributed by atoms with Gasteiger partial charge in [-0.05, 0) is 24.6 Å². The lowest BCUT2D eigenvalue weighted by Crippen LogP contribution is -2.48. The summed E-state index contributed by atoms with van der Waals surface area (Å²) in [4.78, 5) is 27.1. The molecular formula is C15H21N3O3. The second kappa shape index (κ2) is 6.03. The topological polar surface area (TPSA) is 75.9 Å². The van der Waals surface area contributed by atoms with Gasteiger partial charge in [0.05, 0.1) is 12.7 Å². The molecule has 2 rings (SSSR count). The Hall–Kier alpha value is -2.24. The van der Waals surface area contributed by atoms with Crippen LogP contribution in [0.2, 0.25) is 0 Å². The molecule has 0 saturated carbocycles. The zero-order valence-electron chi connectivity index (χ0n) is 12.7. The van der Waals surface area contributed by atoms with Gasteiger partial charge >= 0.3 is 5.97 Å². The number of piperazine rings is 1. The van der Waals surface area contributed by atoms with Crippen molar-refractivity contribution in [2.75, 3.05) is 43.9 Å². The predicted molar refractivity (Wildman–Crippen MR) is 81.4 cm³/mol. The number of nitrogens with zero attached hydrogens (tertiary/aromatic N) is 2. The Morgan fingerprint density at radius 3 is 2.33 bits per heavy atom. The lowest BCUT2D eigenvalue weighted by molar-refractivity contribution is -0.129. The average Bonchev–Trinajstić information content (AvgIpc) is 2.49. The summed E-state index contributed by atoms with van der Waals surface area (Å²) in [6, 6.07) is 3.72. The maximum Gasteiger partial charge on any atom is 0.340 e. The smallest absolute Gasteiger partial charge is 0.340 e. The van der Waals surface area contributed by atoms with Crippen molar-refractivity contribution in [3.05, 3.63) is 23.3 Å². The van der Waals surface area contributed by atoms with Crippen LogP contribution in [0.5, 0.6) is 0 Å². The van der Waals surface area contributed by atoms with Gasteiger partial charge in [0.15, 0.2) is 0 Å². The summed E-state index contributed by atoms with van der Waals surface area (Å²) >= 11 is 0. The van der Waals surface area contributed by atoms with E-state index in [1.54, 1.807) is 13.0 Å². The first kappa shape index (κ1) is 15.2. The summed E-state index contributed by atoms with van der Waals surface area (Å²) in [6.07, 6.45) is 0. The van der Waals surface area contributed by atoms with Gasteiger partial charge in [0, 0.05) is 44.5 Å². The molecule has 0 atom stereocenters. The van der Waals surface area contributed by atoms with Gasteiger partial charge in [-0.1, -0.05) is 0 Å². The van der Waals surface area contributed by atoms with E-state index in [1.807, 2.05) is 17.9 Å². The van der Waals surface area contributed by atoms with Gasteiger partial charge in [-0.15, -0.1) is 0 Å². The fraction of sp³-hybridized carbons (Fsp3) is 0.467. The number of rotatable bonds is 2. The largest absolute Gasteiger partial charge is 0.465 e. The summed E-state index contributed by atoms with van der Waals surface area (Å²) in [5, 5.41) is 0. The van der Waals surface area contributed by atoms with Crippen LogP contribution in [-0.2, 0) is 9.53 Å². The van der Waals surface area contributed by atoms with Gasteiger partial charge in [0.25, 0.3) is 0 Å². The highest BCUT2D eigenvalue weighted by Crippen LogP contribution is 2.26. The molecule has 1 saturated heterocycles. The molecule has 2 N–H and O–H groups in total. The lowest BCUT2D eigenvalue weighted by Gasteiger charge is -2.36. The van der Waals surface area contributed by atoms with Gasteiger partial charge in [0.1, 0.15) is 0 Å². The number of hydrogen-bond donors (Lipinski definition) is 1. The van der Waals surface area contributed by atoms with Gasteiger partial charge in [-0.3, -0.25) is 4.79 Å². The molecule has 1 amide bonds. The molecule has 1 heterocycles. The van der Waals surface area contributed by atoms with E-state index in [4.69, 9.17) is 10.5 Å². The lowest BCUT2D eigenvalue weighted by atomic mass is 10.1. The Morgan fingerprint density at radius 1 is 1.19 bits per heavy atom. The first-order chi connectivity index (χ1) is 9.93. The standard InChI is InChI=1S/C15H21N3O3/c1-10-8-12(9-13(14(10)16)15(20)21-3)18-6-4-17(5-7-18)11(2)19/h8-9H,4-7,16H2,1-3H3. The molecule has 0 radical (unpaired) electrons. The number of amides is 1. The van der Waals surface area contributed by atoms with Crippen LogP contribution in [0.15, 0.2) is 12.1 Å². The van der Waals surface area contributed by atoms with E-state index in [1.165, 1.54) is 7.11 Å². The van der Waals surface area contributed by atoms with E-state index in [-0.39, 0.29) is 5.91 Å². The van der Waals surface area contributed by atoms with E-state index in [2.05, 4.69) is 4.90 Å². The molecule has 114 valence electrons. The van der Waals surface area contributed by atoms with Crippen LogP contribution in [0.4, 0.5) is 11.4 Å². The fourth-order valence-electron chi connectivity index (χ4n) is 2.52. The fourth-order valence-corrected chi connectivity index (χ4v) is 2.52. The van der Waals surface area contributed by atoms with Crippen molar-refractivity contribution in [3.63, 3.8) is 0 Å². The summed E-state index contributed by atoms with van der Waals surface area (Å²) in [5.74, 6) is -0.335. The van der Waals surface area contributed by atoms with Gasteiger partial charge in [-0.25, -0.2) is 4.79 Å². The first-order valence-electron chi connectivity index (χ1n) is 6.93. The first-order valence-corrected chi connectivity index (χ1v) is 6.93. The normalized spacial score (nSPS) is 15.0. The Kier molecular flexibility index (Phi) is 4.35. The van der Waals surface area contributed by atoms with Gasteiger partial charge in [-0.2, -0.15) is 0 Å². The van der Waals surface area contributed by atoms with E-state index in [0.717, 1.165) is 24.3 Å². The molecular weight excluding hydrogens is 270 g/mol. The maximum atomic E-state index is 11.8. The predicted octanol–water partition coefficient (Wildman–Crippen LogP) is 1.03. The minimum atomic E-state index is -0.431. The monoisotopic (exact) mass is 291 g/mol. The van der Waals surface area contributed by atoms with Crippen LogP contribution >= 0.6 is 0 Å². The van der Waals surface area contributed by atoms with Crippen molar-refractivity contribution >= 4 is 23.3 Å². The number of ether oxygens (including phenoxy) is 1. The second-order valence-electron chi connectivity index (χ2n) is 5.21. The number of carbonyl (C=O) groups is 2. The Bertz CT molecular complexity index is 564. The van der Waals surface area contributed by atoms with Crippen LogP contribution in [0.1, 0.15) is 22.8 Å². The van der Waals surface area contributed by atoms with Crippen molar-refractivity contribution < 1.29 is 14.3 Å². The van der Waals surface area contributed by atoms with Crippen molar-refractivity contribution in [3.8, 4) is 0 Å². The van der Waals surface area contributed by atoms with E-state index in [0.29, 0.717) is 24.3 Å². The van der Waals surface area contributed by atoms with Crippen LogP contribution in [0, 0.1) is 6.92 Å². The highest BCUT2D eigenvalue weighted by Gasteiger charge is 2.21. The van der Waals surface area contributed by atoms with Crippen molar-refractivity contribution in [1.82, 2.24) is 4.90 Å². The molecule has 1 fully saturated rings. The van der Waals surface area contributed by atoms with Crippen LogP contribution in [-0.4, -0.2) is 50.1 Å². The highest BCUT2D eigenvalue weighted by molar-refractivity contribution is 5.97. The number of carbonyl (C=O) groups excluding carboxylic acids is 2. The third kappa shape index (κ3) is 3.09. The number of anilines is 2. The number of aryl methyl sites for hydroxylation is 1. The molecule has 0 aliphatic carbocycles. The molecule has 1 aliphatic heterocycles. The Morgan fingerprint density at radius 2 is 1.81 bits per heavy atom. The summed E-state index contributed by atoms with van der Waals surface area (Å²) in [7, 11) is 1.34. The number of methoxy groups -OCH3 is 1. The quantitative estimate of drug-likeness (QED) is 0.650. The Balaban J connectivity index is 2.23. The van der Waals surface area contributed by atoms with Crippen LogP contribution < -0.4 is 10.6 Å². The van der Waals surface area contributed by atoms with E-state index >= 15 is 0 Å². The molecule has 6 nitrogen and oxygen atoms in total. The molecule has 1 aromatic carbocycles. The van der Waals surface area contributed by atoms with E-state index < -0.39 is 5.97 Å². The van der Waals surface area contributed by atoms with Crippen LogP contribution in [0.3, 0.4) is 0 Å². The molecule has 0 unspecified atom stereocenters. The molecule has 1 aromatic rings. The second-order valence-corrected chi connectivity index (χ2v) is 5.21. The number of hydrogen-bond acceptors (Lipinski definition) is 5. The maximum absolute atomic E-state index is 11.8. The molecule has 21 heavy (non-hydrogen) atoms. The molecule has 0 bridgehead atoms. The molecule has 6 heteroatoms. The summed E-state index contributed by atoms with van der Waals surface area (Å²) < 4.78 is 4.77. The third-order valence-electron chi connectivity index (χ3n) is 3.87. The van der Waals surface area contributed by atoms with Crippen molar-refractivity contribution in [1.29, 1.82) is 0 Å². The minimum absolute atomic E-state index is 0.0957. The third-order valence-corrected chi connectivity index (χ3v) is 3.87. The van der Waals surface area contributed by atoms with E-state index in [9.17, 15) is 9.59 Å². The number of benzene rings is 1. The molecule has 0 aromatic heterocycles. The number of esters is 1. The van der Waals surface area contributed by atoms with Crippen LogP contribution in [0.25, 0.3) is 0 Å². The zero-order chi connectivity index (χ0) is 15.6.